The van der Waals surface area contributed by atoms with E-state index in [0.717, 1.165) is 17.7 Å². The van der Waals surface area contributed by atoms with E-state index in [1.807, 2.05) is 37.3 Å². The highest BCUT2D eigenvalue weighted by molar-refractivity contribution is 6.01. The van der Waals surface area contributed by atoms with E-state index in [1.54, 1.807) is 6.08 Å². The van der Waals surface area contributed by atoms with Gasteiger partial charge in [0.1, 0.15) is 17.4 Å². The highest BCUT2D eigenvalue weighted by atomic mass is 16.5. The average Bonchev–Trinajstić information content (AvgIpc) is 2.43. The third-order valence-electron chi connectivity index (χ3n) is 2.26. The number of ether oxygens (including phenoxy) is 1. The highest BCUT2D eigenvalue weighted by Gasteiger charge is 2.05. The van der Waals surface area contributed by atoms with Crippen molar-refractivity contribution >= 4 is 12.0 Å². The Hall–Kier alpha value is -2.28. The van der Waals surface area contributed by atoms with E-state index in [9.17, 15) is 4.79 Å². The van der Waals surface area contributed by atoms with Crippen molar-refractivity contribution in [3.63, 3.8) is 0 Å². The lowest BCUT2D eigenvalue weighted by atomic mass is 10.1. The van der Waals surface area contributed by atoms with Gasteiger partial charge in [-0.1, -0.05) is 19.1 Å². The molecule has 0 fully saturated rings. The molecule has 1 aromatic carbocycles. The maximum absolute atomic E-state index is 11.3. The summed E-state index contributed by atoms with van der Waals surface area (Å²) < 4.78 is 5.45. The second kappa shape index (κ2) is 7.13. The molecule has 1 aromatic rings. The molecule has 0 spiro atoms. The Morgan fingerprint density at radius 1 is 1.44 bits per heavy atom. The summed E-state index contributed by atoms with van der Waals surface area (Å²) in [7, 11) is 1.50. The Kier molecular flexibility index (Phi) is 5.46. The van der Waals surface area contributed by atoms with Gasteiger partial charge in [0, 0.05) is 7.05 Å². The largest absolute Gasteiger partial charge is 0.494 e. The summed E-state index contributed by atoms with van der Waals surface area (Å²) in [6, 6.07) is 9.13. The number of carbonyl (C=O) groups excluding carboxylic acids is 1. The summed E-state index contributed by atoms with van der Waals surface area (Å²) in [4.78, 5) is 11.3. The van der Waals surface area contributed by atoms with Gasteiger partial charge in [-0.05, 0) is 30.2 Å². The van der Waals surface area contributed by atoms with E-state index in [4.69, 9.17) is 10.00 Å². The zero-order valence-electron chi connectivity index (χ0n) is 10.6. The van der Waals surface area contributed by atoms with E-state index in [0.29, 0.717) is 6.61 Å². The Labute approximate surface area is 107 Å². The molecular weight excluding hydrogens is 228 g/mol. The maximum atomic E-state index is 11.3. The number of rotatable bonds is 5. The molecule has 0 heterocycles. The van der Waals surface area contributed by atoms with Crippen LogP contribution in [0.4, 0.5) is 0 Å². The Balaban J connectivity index is 2.82. The molecule has 1 rings (SSSR count). The molecule has 0 atom stereocenters. The molecule has 0 saturated heterocycles. The number of nitrogens with one attached hydrogen (secondary N) is 1. The lowest BCUT2D eigenvalue weighted by Gasteiger charge is -2.04. The fourth-order valence-electron chi connectivity index (χ4n) is 1.33. The zero-order chi connectivity index (χ0) is 13.4. The Morgan fingerprint density at radius 2 is 2.11 bits per heavy atom. The molecule has 0 radical (unpaired) electrons. The number of hydrogen-bond donors (Lipinski definition) is 1. The van der Waals surface area contributed by atoms with E-state index in [-0.39, 0.29) is 11.5 Å². The zero-order valence-corrected chi connectivity index (χ0v) is 10.6. The van der Waals surface area contributed by atoms with Crippen LogP contribution < -0.4 is 10.1 Å². The molecule has 1 amide bonds. The fourth-order valence-corrected chi connectivity index (χ4v) is 1.33. The highest BCUT2D eigenvalue weighted by Crippen LogP contribution is 2.14. The van der Waals surface area contributed by atoms with Gasteiger partial charge in [-0.15, -0.1) is 0 Å². The van der Waals surface area contributed by atoms with Gasteiger partial charge in [0.25, 0.3) is 5.91 Å². The van der Waals surface area contributed by atoms with Crippen molar-refractivity contribution in [1.82, 2.24) is 5.32 Å². The first kappa shape index (κ1) is 13.8. The van der Waals surface area contributed by atoms with Gasteiger partial charge < -0.3 is 10.1 Å². The molecule has 4 nitrogen and oxygen atoms in total. The second-order valence-corrected chi connectivity index (χ2v) is 3.67. The molecule has 0 aliphatic heterocycles. The van der Waals surface area contributed by atoms with Gasteiger partial charge in [-0.3, -0.25) is 4.79 Å². The third-order valence-corrected chi connectivity index (χ3v) is 2.26. The van der Waals surface area contributed by atoms with Crippen LogP contribution in [0.5, 0.6) is 5.75 Å². The Bertz CT molecular complexity index is 470. The summed E-state index contributed by atoms with van der Waals surface area (Å²) in [5, 5.41) is 11.3. The van der Waals surface area contributed by atoms with Crippen LogP contribution in [-0.2, 0) is 4.79 Å². The van der Waals surface area contributed by atoms with Crippen molar-refractivity contribution in [1.29, 1.82) is 5.26 Å². The molecular formula is C14H16N2O2. The molecule has 0 unspecified atom stereocenters. The molecule has 0 bridgehead atoms. The summed E-state index contributed by atoms with van der Waals surface area (Å²) in [6.45, 7) is 2.72. The van der Waals surface area contributed by atoms with Crippen LogP contribution in [0.3, 0.4) is 0 Å². The fraction of sp³-hybridized carbons (Fsp3) is 0.286. The molecule has 4 heteroatoms. The summed E-state index contributed by atoms with van der Waals surface area (Å²) in [5.41, 5.74) is 0.874. The minimum absolute atomic E-state index is 0.0831. The minimum atomic E-state index is -0.385. The number of hydrogen-bond acceptors (Lipinski definition) is 3. The standard InChI is InChI=1S/C14H16N2O2/c1-3-8-18-13-6-4-11(5-7-13)9-12(10-15)14(17)16-2/h4-7,9H,3,8H2,1-2H3,(H,16,17)/b12-9-. The third kappa shape index (κ3) is 3.95. The summed E-state index contributed by atoms with van der Waals surface area (Å²) >= 11 is 0. The lowest BCUT2D eigenvalue weighted by Crippen LogP contribution is -2.19. The predicted molar refractivity (Wildman–Crippen MR) is 69.9 cm³/mol. The smallest absolute Gasteiger partial charge is 0.261 e. The van der Waals surface area contributed by atoms with Crippen molar-refractivity contribution in [2.45, 2.75) is 13.3 Å². The van der Waals surface area contributed by atoms with Crippen LogP contribution in [0.25, 0.3) is 6.08 Å². The van der Waals surface area contributed by atoms with E-state index in [2.05, 4.69) is 5.32 Å². The van der Waals surface area contributed by atoms with Crippen molar-refractivity contribution in [2.24, 2.45) is 0 Å². The number of benzene rings is 1. The van der Waals surface area contributed by atoms with Crippen LogP contribution in [0.15, 0.2) is 29.8 Å². The van der Waals surface area contributed by atoms with Crippen molar-refractivity contribution in [3.8, 4) is 11.8 Å². The molecule has 18 heavy (non-hydrogen) atoms. The molecule has 94 valence electrons. The van der Waals surface area contributed by atoms with Gasteiger partial charge in [0.2, 0.25) is 0 Å². The van der Waals surface area contributed by atoms with E-state index < -0.39 is 0 Å². The lowest BCUT2D eigenvalue weighted by molar-refractivity contribution is -0.116. The monoisotopic (exact) mass is 244 g/mol. The second-order valence-electron chi connectivity index (χ2n) is 3.67. The molecule has 1 N–H and O–H groups in total. The number of carbonyl (C=O) groups is 1. The molecule has 0 aromatic heterocycles. The van der Waals surface area contributed by atoms with Crippen LogP contribution >= 0.6 is 0 Å². The summed E-state index contributed by atoms with van der Waals surface area (Å²) in [6.07, 6.45) is 2.50. The first-order valence-electron chi connectivity index (χ1n) is 5.78. The van der Waals surface area contributed by atoms with Crippen LogP contribution in [-0.4, -0.2) is 19.6 Å². The first-order valence-corrected chi connectivity index (χ1v) is 5.78. The van der Waals surface area contributed by atoms with Crippen LogP contribution in [0.2, 0.25) is 0 Å². The van der Waals surface area contributed by atoms with Crippen molar-refractivity contribution < 1.29 is 9.53 Å². The molecule has 0 saturated carbocycles. The number of amides is 1. The summed E-state index contributed by atoms with van der Waals surface area (Å²) in [5.74, 6) is 0.399. The van der Waals surface area contributed by atoms with Crippen molar-refractivity contribution in [3.05, 3.63) is 35.4 Å². The normalized spacial score (nSPS) is 10.6. The quantitative estimate of drug-likeness (QED) is 0.637. The van der Waals surface area contributed by atoms with Gasteiger partial charge in [-0.2, -0.15) is 5.26 Å². The SMILES string of the molecule is CCCOc1ccc(/C=C(/C#N)C(=O)NC)cc1. The van der Waals surface area contributed by atoms with Gasteiger partial charge in [0.05, 0.1) is 6.61 Å². The number of likely N-dealkylation sites (N-methyl/N-ethyl adjacent to an activating group) is 1. The van der Waals surface area contributed by atoms with Crippen LogP contribution in [0.1, 0.15) is 18.9 Å². The molecule has 0 aliphatic carbocycles. The first-order chi connectivity index (χ1) is 8.71. The molecule has 0 aliphatic rings. The topological polar surface area (TPSA) is 62.1 Å². The van der Waals surface area contributed by atoms with Crippen molar-refractivity contribution in [2.75, 3.05) is 13.7 Å². The van der Waals surface area contributed by atoms with E-state index in [1.165, 1.54) is 7.05 Å². The van der Waals surface area contributed by atoms with Gasteiger partial charge in [-0.25, -0.2) is 0 Å². The number of nitriles is 1. The van der Waals surface area contributed by atoms with Gasteiger partial charge in [0.15, 0.2) is 0 Å². The average molecular weight is 244 g/mol. The predicted octanol–water partition coefficient (Wildman–Crippen LogP) is 2.13. The van der Waals surface area contributed by atoms with Gasteiger partial charge >= 0.3 is 0 Å². The maximum Gasteiger partial charge on any atom is 0.261 e. The van der Waals surface area contributed by atoms with Crippen LogP contribution in [0, 0.1) is 11.3 Å². The minimum Gasteiger partial charge on any atom is -0.494 e. The number of nitrogens with zero attached hydrogens (tertiary/aromatic N) is 1. The Morgan fingerprint density at radius 3 is 2.61 bits per heavy atom. The van der Waals surface area contributed by atoms with E-state index >= 15 is 0 Å².